The highest BCUT2D eigenvalue weighted by atomic mass is 16.1. The Morgan fingerprint density at radius 3 is 2.60 bits per heavy atom. The molecule has 0 N–H and O–H groups in total. The quantitative estimate of drug-likeness (QED) is 0.424. The van der Waals surface area contributed by atoms with Gasteiger partial charge in [0.15, 0.2) is 0 Å². The molecule has 0 spiro atoms. The third-order valence-corrected chi connectivity index (χ3v) is 1.30. The van der Waals surface area contributed by atoms with Gasteiger partial charge in [0.25, 0.3) is 0 Å². The van der Waals surface area contributed by atoms with E-state index in [1.807, 2.05) is 0 Å². The average Bonchev–Trinajstić information content (AvgIpc) is 1.87. The lowest BCUT2D eigenvalue weighted by molar-refractivity contribution is -0.117. The second-order valence-electron chi connectivity index (χ2n) is 2.47. The van der Waals surface area contributed by atoms with Gasteiger partial charge in [0.05, 0.1) is 0 Å². The lowest BCUT2D eigenvalue weighted by Gasteiger charge is -1.89. The standard InChI is InChI=1S/C9H16O/c1-3-4-5-6-7-8-9(2)10/h4-5H,3,6-8H2,1-2H3/b5-4+. The van der Waals surface area contributed by atoms with Gasteiger partial charge in [-0.2, -0.15) is 0 Å². The maximum absolute atomic E-state index is 10.5. The summed E-state index contributed by atoms with van der Waals surface area (Å²) in [5.41, 5.74) is 0. The molecule has 10 heavy (non-hydrogen) atoms. The highest BCUT2D eigenvalue weighted by molar-refractivity contribution is 5.75. The van der Waals surface area contributed by atoms with Crippen LogP contribution >= 0.6 is 0 Å². The first-order chi connectivity index (χ1) is 4.77. The molecule has 0 saturated heterocycles. The number of Topliss-reactive ketones (excluding diaryl/α,β-unsaturated/α-hetero) is 1. The number of hydrogen-bond donors (Lipinski definition) is 0. The lowest BCUT2D eigenvalue weighted by atomic mass is 10.2. The Labute approximate surface area is 63.1 Å². The number of carbonyl (C=O) groups excluding carboxylic acids is 1. The Morgan fingerprint density at radius 2 is 2.10 bits per heavy atom. The van der Waals surface area contributed by atoms with Crippen molar-refractivity contribution in [3.05, 3.63) is 12.2 Å². The number of carbonyl (C=O) groups is 1. The summed E-state index contributed by atoms with van der Waals surface area (Å²) in [7, 11) is 0. The summed E-state index contributed by atoms with van der Waals surface area (Å²) in [6.45, 7) is 3.75. The Hall–Kier alpha value is -0.590. The first-order valence-corrected chi connectivity index (χ1v) is 3.91. The van der Waals surface area contributed by atoms with Crippen molar-refractivity contribution in [2.24, 2.45) is 0 Å². The van der Waals surface area contributed by atoms with E-state index < -0.39 is 0 Å². The van der Waals surface area contributed by atoms with E-state index in [0.717, 1.165) is 25.7 Å². The van der Waals surface area contributed by atoms with Crippen molar-refractivity contribution in [3.63, 3.8) is 0 Å². The van der Waals surface area contributed by atoms with Gasteiger partial charge in [0.2, 0.25) is 0 Å². The lowest BCUT2D eigenvalue weighted by Crippen LogP contribution is -1.87. The highest BCUT2D eigenvalue weighted by Crippen LogP contribution is 1.97. The van der Waals surface area contributed by atoms with Crippen LogP contribution in [0, 0.1) is 0 Å². The molecule has 0 aliphatic carbocycles. The van der Waals surface area contributed by atoms with E-state index in [9.17, 15) is 4.79 Å². The van der Waals surface area contributed by atoms with Crippen LogP contribution in [0.5, 0.6) is 0 Å². The predicted molar refractivity (Wildman–Crippen MR) is 44.0 cm³/mol. The van der Waals surface area contributed by atoms with Crippen LogP contribution < -0.4 is 0 Å². The molecule has 1 nitrogen and oxygen atoms in total. The van der Waals surface area contributed by atoms with E-state index in [4.69, 9.17) is 0 Å². The van der Waals surface area contributed by atoms with Gasteiger partial charge in [-0.05, 0) is 26.2 Å². The second kappa shape index (κ2) is 6.53. The van der Waals surface area contributed by atoms with E-state index >= 15 is 0 Å². The Morgan fingerprint density at radius 1 is 1.40 bits per heavy atom. The Bertz CT molecular complexity index is 114. The van der Waals surface area contributed by atoms with Crippen molar-refractivity contribution in [3.8, 4) is 0 Å². The maximum atomic E-state index is 10.5. The molecule has 0 aliphatic rings. The topological polar surface area (TPSA) is 17.1 Å². The number of hydrogen-bond acceptors (Lipinski definition) is 1. The minimum absolute atomic E-state index is 0.296. The predicted octanol–water partition coefficient (Wildman–Crippen LogP) is 2.71. The Balaban J connectivity index is 3.05. The van der Waals surface area contributed by atoms with Gasteiger partial charge >= 0.3 is 0 Å². The monoisotopic (exact) mass is 140 g/mol. The second-order valence-corrected chi connectivity index (χ2v) is 2.47. The summed E-state index contributed by atoms with van der Waals surface area (Å²) >= 11 is 0. The van der Waals surface area contributed by atoms with Crippen molar-refractivity contribution < 1.29 is 4.79 Å². The van der Waals surface area contributed by atoms with E-state index in [0.29, 0.717) is 5.78 Å². The molecule has 58 valence electrons. The first-order valence-electron chi connectivity index (χ1n) is 3.91. The fourth-order valence-corrected chi connectivity index (χ4v) is 0.753. The molecule has 1 heteroatoms. The van der Waals surface area contributed by atoms with Crippen molar-refractivity contribution in [1.82, 2.24) is 0 Å². The van der Waals surface area contributed by atoms with E-state index in [2.05, 4.69) is 19.1 Å². The van der Waals surface area contributed by atoms with Crippen LogP contribution in [0.3, 0.4) is 0 Å². The summed E-state index contributed by atoms with van der Waals surface area (Å²) < 4.78 is 0. The van der Waals surface area contributed by atoms with Crippen molar-refractivity contribution in [1.29, 1.82) is 0 Å². The molecule has 0 saturated carbocycles. The van der Waals surface area contributed by atoms with Gasteiger partial charge in [0, 0.05) is 6.42 Å². The van der Waals surface area contributed by atoms with Crippen LogP contribution in [0.1, 0.15) is 39.5 Å². The van der Waals surface area contributed by atoms with Crippen LogP contribution in [0.25, 0.3) is 0 Å². The van der Waals surface area contributed by atoms with Crippen molar-refractivity contribution in [2.75, 3.05) is 0 Å². The SMILES string of the molecule is CC/C=C/CCCC(C)=O. The number of allylic oxidation sites excluding steroid dienone is 2. The fraction of sp³-hybridized carbons (Fsp3) is 0.667. The zero-order valence-corrected chi connectivity index (χ0v) is 6.89. The van der Waals surface area contributed by atoms with Gasteiger partial charge < -0.3 is 4.79 Å². The zero-order valence-electron chi connectivity index (χ0n) is 6.89. The molecule has 0 aliphatic heterocycles. The maximum Gasteiger partial charge on any atom is 0.129 e. The molecule has 0 fully saturated rings. The minimum Gasteiger partial charge on any atom is -0.300 e. The van der Waals surface area contributed by atoms with Gasteiger partial charge in [0.1, 0.15) is 5.78 Å². The number of unbranched alkanes of at least 4 members (excludes halogenated alkanes) is 1. The molecule has 0 aromatic rings. The largest absolute Gasteiger partial charge is 0.300 e. The number of ketones is 1. The molecule has 0 atom stereocenters. The van der Waals surface area contributed by atoms with Crippen LogP contribution in [-0.2, 0) is 4.79 Å². The zero-order chi connectivity index (χ0) is 7.82. The summed E-state index contributed by atoms with van der Waals surface area (Å²) in [6, 6.07) is 0. The minimum atomic E-state index is 0.296. The molecular formula is C9H16O. The molecule has 0 rings (SSSR count). The smallest absolute Gasteiger partial charge is 0.129 e. The molecule has 0 bridgehead atoms. The van der Waals surface area contributed by atoms with Crippen LogP contribution in [0.15, 0.2) is 12.2 Å². The third-order valence-electron chi connectivity index (χ3n) is 1.30. The van der Waals surface area contributed by atoms with Gasteiger partial charge in [-0.15, -0.1) is 0 Å². The van der Waals surface area contributed by atoms with E-state index in [-0.39, 0.29) is 0 Å². The van der Waals surface area contributed by atoms with Crippen LogP contribution in [0.4, 0.5) is 0 Å². The summed E-state index contributed by atoms with van der Waals surface area (Å²) in [6.07, 6.45) is 8.16. The highest BCUT2D eigenvalue weighted by Gasteiger charge is 1.89. The number of rotatable bonds is 5. The molecule has 0 radical (unpaired) electrons. The summed E-state index contributed by atoms with van der Waals surface area (Å²) in [5.74, 6) is 0.296. The normalized spacial score (nSPS) is 10.6. The third kappa shape index (κ3) is 7.41. The van der Waals surface area contributed by atoms with E-state index in [1.165, 1.54) is 0 Å². The van der Waals surface area contributed by atoms with Crippen molar-refractivity contribution >= 4 is 5.78 Å². The van der Waals surface area contributed by atoms with Gasteiger partial charge in [-0.25, -0.2) is 0 Å². The fourth-order valence-electron chi connectivity index (χ4n) is 0.753. The Kier molecular flexibility index (Phi) is 6.14. The summed E-state index contributed by atoms with van der Waals surface area (Å²) in [4.78, 5) is 10.5. The van der Waals surface area contributed by atoms with Crippen molar-refractivity contribution in [2.45, 2.75) is 39.5 Å². The van der Waals surface area contributed by atoms with Gasteiger partial charge in [-0.3, -0.25) is 0 Å². The molecular weight excluding hydrogens is 124 g/mol. The molecule has 0 aromatic heterocycles. The van der Waals surface area contributed by atoms with Crippen LogP contribution in [0.2, 0.25) is 0 Å². The van der Waals surface area contributed by atoms with Gasteiger partial charge in [-0.1, -0.05) is 19.1 Å². The molecule has 0 heterocycles. The average molecular weight is 140 g/mol. The first kappa shape index (κ1) is 9.41. The molecule has 0 unspecified atom stereocenters. The molecule has 0 amide bonds. The van der Waals surface area contributed by atoms with E-state index in [1.54, 1.807) is 6.92 Å². The summed E-state index contributed by atoms with van der Waals surface area (Å²) in [5, 5.41) is 0. The molecule has 0 aromatic carbocycles. The van der Waals surface area contributed by atoms with Crippen LogP contribution in [-0.4, -0.2) is 5.78 Å².